The van der Waals surface area contributed by atoms with Crippen LogP contribution in [0, 0.1) is 5.92 Å². The molecule has 4 heteroatoms. The molecular weight excluding hydrogens is 322 g/mol. The molecule has 0 bridgehead atoms. The van der Waals surface area contributed by atoms with Crippen molar-refractivity contribution in [2.24, 2.45) is 5.92 Å². The first kappa shape index (κ1) is 17.0. The summed E-state index contributed by atoms with van der Waals surface area (Å²) in [5.41, 5.74) is 4.26. The lowest BCUT2D eigenvalue weighted by atomic mass is 9.66. The van der Waals surface area contributed by atoms with Gasteiger partial charge in [-0.2, -0.15) is 0 Å². The first-order valence-corrected chi connectivity index (χ1v) is 9.33. The largest absolute Gasteiger partial charge is 0.352 e. The Bertz CT molecular complexity index is 843. The molecule has 4 rings (SSSR count). The molecule has 1 spiro atoms. The van der Waals surface area contributed by atoms with E-state index in [9.17, 15) is 4.79 Å². The van der Waals surface area contributed by atoms with Crippen molar-refractivity contribution in [1.29, 1.82) is 0 Å². The lowest BCUT2D eigenvalue weighted by molar-refractivity contribution is -0.116. The molecule has 1 amide bonds. The van der Waals surface area contributed by atoms with E-state index in [1.54, 1.807) is 24.4 Å². The molecule has 2 aliphatic rings. The number of benzene rings is 1. The highest BCUT2D eigenvalue weighted by molar-refractivity contribution is 5.91. The van der Waals surface area contributed by atoms with Crippen LogP contribution in [0.5, 0.6) is 0 Å². The van der Waals surface area contributed by atoms with Gasteiger partial charge >= 0.3 is 0 Å². The number of aromatic nitrogens is 2. The van der Waals surface area contributed by atoms with Gasteiger partial charge in [0.25, 0.3) is 0 Å². The van der Waals surface area contributed by atoms with Crippen molar-refractivity contribution in [3.8, 4) is 0 Å². The van der Waals surface area contributed by atoms with Crippen LogP contribution in [-0.2, 0) is 15.6 Å². The molecule has 4 nitrogen and oxygen atoms in total. The molecule has 134 valence electrons. The van der Waals surface area contributed by atoms with Crippen LogP contribution in [0.4, 0.5) is 0 Å². The second-order valence-corrected chi connectivity index (χ2v) is 8.20. The van der Waals surface area contributed by atoms with Crippen LogP contribution in [-0.4, -0.2) is 22.4 Å². The van der Waals surface area contributed by atoms with E-state index in [0.717, 1.165) is 12.2 Å². The van der Waals surface area contributed by atoms with E-state index in [2.05, 4.69) is 53.4 Å². The van der Waals surface area contributed by atoms with Crippen molar-refractivity contribution in [3.05, 3.63) is 65.8 Å². The lowest BCUT2D eigenvalue weighted by Gasteiger charge is -2.38. The number of nitrogens with one attached hydrogen (secondary N) is 1. The van der Waals surface area contributed by atoms with Gasteiger partial charge in [-0.1, -0.05) is 38.1 Å². The number of hydrogen-bond donors (Lipinski definition) is 1. The van der Waals surface area contributed by atoms with Gasteiger partial charge in [-0.15, -0.1) is 0 Å². The first-order valence-electron chi connectivity index (χ1n) is 9.33. The third-order valence-electron chi connectivity index (χ3n) is 6.15. The maximum Gasteiger partial charge on any atom is 0.244 e. The van der Waals surface area contributed by atoms with E-state index in [-0.39, 0.29) is 16.7 Å². The van der Waals surface area contributed by atoms with Crippen LogP contribution in [0.15, 0.2) is 48.9 Å². The Labute approximate surface area is 154 Å². The number of rotatable bonds is 4. The summed E-state index contributed by atoms with van der Waals surface area (Å²) in [6.45, 7) is 5.42. The van der Waals surface area contributed by atoms with Crippen LogP contribution in [0.1, 0.15) is 49.9 Å². The van der Waals surface area contributed by atoms with Crippen molar-refractivity contribution in [2.75, 3.05) is 6.54 Å². The highest BCUT2D eigenvalue weighted by Crippen LogP contribution is 2.62. The van der Waals surface area contributed by atoms with Gasteiger partial charge in [0, 0.05) is 24.2 Å². The van der Waals surface area contributed by atoms with Crippen LogP contribution in [0.2, 0.25) is 0 Å². The Hall–Kier alpha value is -2.49. The number of amides is 1. The van der Waals surface area contributed by atoms with Gasteiger partial charge < -0.3 is 5.32 Å². The maximum atomic E-state index is 12.1. The molecule has 26 heavy (non-hydrogen) atoms. The van der Waals surface area contributed by atoms with Crippen molar-refractivity contribution in [1.82, 2.24) is 15.3 Å². The molecule has 0 saturated heterocycles. The van der Waals surface area contributed by atoms with Crippen molar-refractivity contribution < 1.29 is 4.79 Å². The fourth-order valence-electron chi connectivity index (χ4n) is 4.44. The van der Waals surface area contributed by atoms with E-state index in [1.807, 2.05) is 0 Å². The number of carbonyl (C=O) groups excluding carboxylic acids is 1. The third-order valence-corrected chi connectivity index (χ3v) is 6.15. The smallest absolute Gasteiger partial charge is 0.244 e. The molecular formula is C22H25N3O. The SMILES string of the molecule is CC1(C)CCC2(CC2CNC(=O)/C=C/c2ccncn2)c2ccccc21. The summed E-state index contributed by atoms with van der Waals surface area (Å²) in [6, 6.07) is 10.7. The summed E-state index contributed by atoms with van der Waals surface area (Å²) < 4.78 is 0. The molecule has 1 fully saturated rings. The Morgan fingerprint density at radius 3 is 2.81 bits per heavy atom. The molecule has 2 aromatic rings. The van der Waals surface area contributed by atoms with Gasteiger partial charge in [0.1, 0.15) is 6.33 Å². The van der Waals surface area contributed by atoms with Crippen LogP contribution < -0.4 is 5.32 Å². The van der Waals surface area contributed by atoms with Crippen LogP contribution >= 0.6 is 0 Å². The van der Waals surface area contributed by atoms with Gasteiger partial charge in [-0.25, -0.2) is 9.97 Å². The zero-order chi connectivity index (χ0) is 18.2. The highest BCUT2D eigenvalue weighted by atomic mass is 16.1. The summed E-state index contributed by atoms with van der Waals surface area (Å²) >= 11 is 0. The quantitative estimate of drug-likeness (QED) is 0.859. The molecule has 1 aromatic heterocycles. The fourth-order valence-corrected chi connectivity index (χ4v) is 4.44. The van der Waals surface area contributed by atoms with Gasteiger partial charge in [-0.3, -0.25) is 4.79 Å². The average molecular weight is 347 g/mol. The summed E-state index contributed by atoms with van der Waals surface area (Å²) in [5.74, 6) is 0.478. The number of fused-ring (bicyclic) bond motifs is 2. The van der Waals surface area contributed by atoms with Gasteiger partial charge in [-0.05, 0) is 53.9 Å². The second-order valence-electron chi connectivity index (χ2n) is 8.20. The monoisotopic (exact) mass is 347 g/mol. The van der Waals surface area contributed by atoms with Gasteiger partial charge in [0.2, 0.25) is 5.91 Å². The molecule has 0 radical (unpaired) electrons. The van der Waals surface area contributed by atoms with Crippen LogP contribution in [0.25, 0.3) is 6.08 Å². The third kappa shape index (κ3) is 3.05. The number of hydrogen-bond acceptors (Lipinski definition) is 3. The standard InChI is InChI=1S/C22H25N3O/c1-21(2)10-11-22(19-6-4-3-5-18(19)21)13-16(22)14-24-20(26)8-7-17-9-12-23-15-25-17/h3-9,12,15-16H,10-11,13-14H2,1-2H3,(H,24,26)/b8-7+. The second kappa shape index (κ2) is 6.35. The van der Waals surface area contributed by atoms with E-state index >= 15 is 0 Å². The van der Waals surface area contributed by atoms with Gasteiger partial charge in [0.15, 0.2) is 0 Å². The van der Waals surface area contributed by atoms with E-state index < -0.39 is 0 Å². The number of carbonyl (C=O) groups is 1. The zero-order valence-corrected chi connectivity index (χ0v) is 15.4. The summed E-state index contributed by atoms with van der Waals surface area (Å²) in [5, 5.41) is 3.07. The normalized spacial score (nSPS) is 25.8. The molecule has 1 heterocycles. The Balaban J connectivity index is 1.40. The zero-order valence-electron chi connectivity index (χ0n) is 15.4. The topological polar surface area (TPSA) is 54.9 Å². The minimum atomic E-state index is -0.0601. The number of nitrogens with zero attached hydrogens (tertiary/aromatic N) is 2. The van der Waals surface area contributed by atoms with Crippen molar-refractivity contribution in [2.45, 2.75) is 43.9 Å². The predicted octanol–water partition coefficient (Wildman–Crippen LogP) is 3.64. The molecule has 2 atom stereocenters. The molecule has 1 N–H and O–H groups in total. The summed E-state index contributed by atoms with van der Waals surface area (Å²) in [4.78, 5) is 20.1. The average Bonchev–Trinajstić information content (AvgIpc) is 3.37. The molecule has 2 aliphatic carbocycles. The van der Waals surface area contributed by atoms with Crippen molar-refractivity contribution in [3.63, 3.8) is 0 Å². The predicted molar refractivity (Wildman–Crippen MR) is 103 cm³/mol. The summed E-state index contributed by atoms with van der Waals surface area (Å²) in [6.07, 6.45) is 10.0. The minimum absolute atomic E-state index is 0.0601. The molecule has 2 unspecified atom stereocenters. The van der Waals surface area contributed by atoms with E-state index in [1.165, 1.54) is 36.7 Å². The molecule has 0 aliphatic heterocycles. The fraction of sp³-hybridized carbons (Fsp3) is 0.409. The Kier molecular flexibility index (Phi) is 4.14. The summed E-state index contributed by atoms with van der Waals surface area (Å²) in [7, 11) is 0. The Morgan fingerprint density at radius 2 is 2.04 bits per heavy atom. The molecule has 1 saturated carbocycles. The molecule has 1 aromatic carbocycles. The van der Waals surface area contributed by atoms with E-state index in [0.29, 0.717) is 5.92 Å². The lowest BCUT2D eigenvalue weighted by Crippen LogP contribution is -2.33. The Morgan fingerprint density at radius 1 is 1.23 bits per heavy atom. The first-order chi connectivity index (χ1) is 12.5. The van der Waals surface area contributed by atoms with Crippen LogP contribution in [0.3, 0.4) is 0 Å². The maximum absolute atomic E-state index is 12.1. The highest BCUT2D eigenvalue weighted by Gasteiger charge is 2.58. The minimum Gasteiger partial charge on any atom is -0.352 e. The van der Waals surface area contributed by atoms with E-state index in [4.69, 9.17) is 0 Å². The van der Waals surface area contributed by atoms with Crippen molar-refractivity contribution >= 4 is 12.0 Å². The van der Waals surface area contributed by atoms with Gasteiger partial charge in [0.05, 0.1) is 5.69 Å².